The zero-order chi connectivity index (χ0) is 13.1. The van der Waals surface area contributed by atoms with Gasteiger partial charge in [0.15, 0.2) is 5.78 Å². The van der Waals surface area contributed by atoms with Gasteiger partial charge in [0.2, 0.25) is 5.76 Å². The van der Waals surface area contributed by atoms with Crippen LogP contribution in [-0.4, -0.2) is 17.8 Å². The summed E-state index contributed by atoms with van der Waals surface area (Å²) in [5.41, 5.74) is 11.0. The molecule has 6 nitrogen and oxygen atoms in total. The van der Waals surface area contributed by atoms with Gasteiger partial charge in [-0.2, -0.15) is 0 Å². The number of hydrogen-bond donors (Lipinski definition) is 2. The topological polar surface area (TPSA) is 99.9 Å². The molecule has 0 atom stereocenters. The minimum atomic E-state index is -0.304. The van der Waals surface area contributed by atoms with Crippen molar-refractivity contribution in [3.63, 3.8) is 0 Å². The fourth-order valence-corrected chi connectivity index (χ4v) is 1.01. The van der Waals surface area contributed by atoms with Gasteiger partial charge in [0.1, 0.15) is 0 Å². The number of carbonyl (C=O) groups is 1. The molecule has 0 amide bonds. The first kappa shape index (κ1) is 15.5. The van der Waals surface area contributed by atoms with E-state index in [1.54, 1.807) is 0 Å². The van der Waals surface area contributed by atoms with Crippen LogP contribution in [-0.2, 0) is 14.0 Å². The standard InChI is InChI=1S/C10H17N3O3S/c1-3-17-16-15-10(8(2)14)9(12)4-6-13-7-5-11/h5-7H,3-4,11-12H2,1-2H3/b7-5-,10-9-,13-6?. The minimum Gasteiger partial charge on any atom is -0.403 e. The van der Waals surface area contributed by atoms with E-state index in [0.29, 0.717) is 5.75 Å². The maximum Gasteiger partial charge on any atom is 0.228 e. The van der Waals surface area contributed by atoms with E-state index in [1.165, 1.54) is 25.5 Å². The maximum atomic E-state index is 11.2. The summed E-state index contributed by atoms with van der Waals surface area (Å²) >= 11 is 1.08. The van der Waals surface area contributed by atoms with Gasteiger partial charge >= 0.3 is 0 Å². The van der Waals surface area contributed by atoms with Crippen molar-refractivity contribution in [1.82, 2.24) is 0 Å². The fourth-order valence-electron chi connectivity index (χ4n) is 0.799. The lowest BCUT2D eigenvalue weighted by atomic mass is 10.2. The first-order valence-corrected chi connectivity index (χ1v) is 5.88. The summed E-state index contributed by atoms with van der Waals surface area (Å²) in [5, 5.41) is 0. The Morgan fingerprint density at radius 1 is 1.53 bits per heavy atom. The summed E-state index contributed by atoms with van der Waals surface area (Å²) in [6, 6.07) is 0. The first-order valence-electron chi connectivity index (χ1n) is 4.97. The molecule has 0 aromatic rings. The summed E-state index contributed by atoms with van der Waals surface area (Å²) in [4.78, 5) is 19.9. The lowest BCUT2D eigenvalue weighted by Gasteiger charge is -2.06. The van der Waals surface area contributed by atoms with Crippen molar-refractivity contribution < 1.29 is 14.0 Å². The molecule has 0 aliphatic rings. The molecule has 96 valence electrons. The summed E-state index contributed by atoms with van der Waals surface area (Å²) in [5.74, 6) is 0.393. The fraction of sp³-hybridized carbons (Fsp3) is 0.400. The van der Waals surface area contributed by atoms with Crippen LogP contribution in [0.25, 0.3) is 0 Å². The van der Waals surface area contributed by atoms with Crippen molar-refractivity contribution in [2.45, 2.75) is 20.3 Å². The van der Waals surface area contributed by atoms with Gasteiger partial charge in [0.25, 0.3) is 0 Å². The molecule has 0 radical (unpaired) electrons. The van der Waals surface area contributed by atoms with Gasteiger partial charge in [0, 0.05) is 49.8 Å². The molecule has 7 heteroatoms. The number of nitrogens with two attached hydrogens (primary N) is 2. The van der Waals surface area contributed by atoms with Crippen molar-refractivity contribution in [1.29, 1.82) is 0 Å². The molecule has 17 heavy (non-hydrogen) atoms. The van der Waals surface area contributed by atoms with Crippen LogP contribution in [0.15, 0.2) is 28.8 Å². The van der Waals surface area contributed by atoms with E-state index in [-0.39, 0.29) is 23.7 Å². The van der Waals surface area contributed by atoms with Crippen molar-refractivity contribution in [2.75, 3.05) is 5.75 Å². The molecule has 0 aliphatic heterocycles. The van der Waals surface area contributed by atoms with E-state index in [1.807, 2.05) is 6.92 Å². The predicted octanol–water partition coefficient (Wildman–Crippen LogP) is 1.25. The maximum absolute atomic E-state index is 11.2. The highest BCUT2D eigenvalue weighted by Crippen LogP contribution is 2.11. The number of nitrogens with zero attached hydrogens (tertiary/aromatic N) is 1. The van der Waals surface area contributed by atoms with Crippen LogP contribution < -0.4 is 11.5 Å². The van der Waals surface area contributed by atoms with E-state index in [9.17, 15) is 4.79 Å². The Labute approximate surface area is 105 Å². The third-order valence-corrected chi connectivity index (χ3v) is 1.88. The number of aliphatic imine (C=N–C) groups is 1. The lowest BCUT2D eigenvalue weighted by molar-refractivity contribution is -0.160. The lowest BCUT2D eigenvalue weighted by Crippen LogP contribution is -2.11. The molecule has 0 aliphatic carbocycles. The molecular formula is C10H17N3O3S. The second-order valence-electron chi connectivity index (χ2n) is 2.85. The van der Waals surface area contributed by atoms with Crippen LogP contribution in [0, 0.1) is 0 Å². The third-order valence-electron chi connectivity index (χ3n) is 1.48. The summed E-state index contributed by atoms with van der Waals surface area (Å²) in [6.07, 6.45) is 4.49. The van der Waals surface area contributed by atoms with Gasteiger partial charge in [-0.3, -0.25) is 9.79 Å². The predicted molar refractivity (Wildman–Crippen MR) is 68.6 cm³/mol. The van der Waals surface area contributed by atoms with Crippen LogP contribution in [0.2, 0.25) is 0 Å². The van der Waals surface area contributed by atoms with Gasteiger partial charge in [-0.1, -0.05) is 6.92 Å². The van der Waals surface area contributed by atoms with Gasteiger partial charge in [0.05, 0.1) is 5.70 Å². The van der Waals surface area contributed by atoms with E-state index < -0.39 is 0 Å². The quantitative estimate of drug-likeness (QED) is 0.129. The largest absolute Gasteiger partial charge is 0.403 e. The zero-order valence-corrected chi connectivity index (χ0v) is 10.7. The molecule has 0 rings (SSSR count). The highest BCUT2D eigenvalue weighted by Gasteiger charge is 2.12. The highest BCUT2D eigenvalue weighted by molar-refractivity contribution is 7.94. The Morgan fingerprint density at radius 2 is 2.24 bits per heavy atom. The van der Waals surface area contributed by atoms with Crippen molar-refractivity contribution >= 4 is 24.0 Å². The van der Waals surface area contributed by atoms with Crippen LogP contribution in [0.4, 0.5) is 0 Å². The Morgan fingerprint density at radius 3 is 2.76 bits per heavy atom. The second kappa shape index (κ2) is 9.73. The van der Waals surface area contributed by atoms with Crippen LogP contribution in [0.3, 0.4) is 0 Å². The highest BCUT2D eigenvalue weighted by atomic mass is 32.2. The number of rotatable bonds is 8. The van der Waals surface area contributed by atoms with Gasteiger partial charge in [-0.15, -0.1) is 4.33 Å². The van der Waals surface area contributed by atoms with Gasteiger partial charge < -0.3 is 16.4 Å². The minimum absolute atomic E-state index is 0.00544. The third kappa shape index (κ3) is 7.42. The smallest absolute Gasteiger partial charge is 0.228 e. The number of Topliss-reactive ketones (excluding diaryl/α,β-unsaturated/α-hetero) is 1. The average Bonchev–Trinajstić information content (AvgIpc) is 2.29. The number of allylic oxidation sites excluding steroid dienone is 2. The molecule has 0 bridgehead atoms. The molecule has 0 aromatic carbocycles. The van der Waals surface area contributed by atoms with E-state index in [4.69, 9.17) is 20.7 Å². The van der Waals surface area contributed by atoms with Crippen molar-refractivity contribution in [3.05, 3.63) is 23.9 Å². The van der Waals surface area contributed by atoms with Crippen LogP contribution in [0.5, 0.6) is 0 Å². The first-order chi connectivity index (χ1) is 8.13. The van der Waals surface area contributed by atoms with E-state index in [2.05, 4.69) is 4.99 Å². The molecule has 0 fully saturated rings. The van der Waals surface area contributed by atoms with Gasteiger partial charge in [-0.25, -0.2) is 0 Å². The SMILES string of the molecule is CCSOO/C(C(C)=O)=C(\N)CC=N/C=C\N. The Kier molecular flexibility index (Phi) is 8.89. The number of hydrogen-bond acceptors (Lipinski definition) is 7. The molecule has 0 aromatic heterocycles. The van der Waals surface area contributed by atoms with Crippen molar-refractivity contribution in [2.24, 2.45) is 16.5 Å². The molecule has 0 heterocycles. The average molecular weight is 259 g/mol. The second-order valence-corrected chi connectivity index (χ2v) is 3.79. The number of ketones is 1. The Hall–Kier alpha value is -1.47. The Bertz CT molecular complexity index is 327. The molecular weight excluding hydrogens is 242 g/mol. The summed E-state index contributed by atoms with van der Waals surface area (Å²) in [6.45, 7) is 3.24. The molecule has 0 spiro atoms. The Balaban J connectivity index is 4.46. The molecule has 4 N–H and O–H groups in total. The summed E-state index contributed by atoms with van der Waals surface area (Å²) < 4.78 is 4.73. The monoisotopic (exact) mass is 259 g/mol. The van der Waals surface area contributed by atoms with Crippen molar-refractivity contribution in [3.8, 4) is 0 Å². The zero-order valence-electron chi connectivity index (χ0n) is 9.88. The van der Waals surface area contributed by atoms with Crippen LogP contribution >= 0.6 is 12.0 Å². The molecule has 0 saturated heterocycles. The summed E-state index contributed by atoms with van der Waals surface area (Å²) in [7, 11) is 0. The van der Waals surface area contributed by atoms with E-state index in [0.717, 1.165) is 12.0 Å². The molecule has 0 saturated carbocycles. The molecule has 0 unspecified atom stereocenters. The van der Waals surface area contributed by atoms with Crippen LogP contribution in [0.1, 0.15) is 20.3 Å². The normalized spacial score (nSPS) is 13.1. The van der Waals surface area contributed by atoms with Gasteiger partial charge in [-0.05, 0) is 0 Å². The van der Waals surface area contributed by atoms with E-state index >= 15 is 0 Å². The number of carbonyl (C=O) groups excluding carboxylic acids is 1.